The minimum Gasteiger partial charge on any atom is -0.366 e. The van der Waals surface area contributed by atoms with Gasteiger partial charge in [-0.15, -0.1) is 0 Å². The van der Waals surface area contributed by atoms with E-state index in [2.05, 4.69) is 20.3 Å². The maximum Gasteiger partial charge on any atom is 0.248 e. The highest BCUT2D eigenvalue weighted by atomic mass is 16.1. The number of benzene rings is 1. The van der Waals surface area contributed by atoms with E-state index in [0.29, 0.717) is 11.5 Å². The van der Waals surface area contributed by atoms with Crippen LogP contribution in [-0.4, -0.2) is 37.9 Å². The predicted molar refractivity (Wildman–Crippen MR) is 117 cm³/mol. The average molecular weight is 401 g/mol. The first-order valence-electron chi connectivity index (χ1n) is 10.1. The van der Waals surface area contributed by atoms with Gasteiger partial charge in [0.05, 0.1) is 5.52 Å². The number of anilines is 1. The largest absolute Gasteiger partial charge is 0.366 e. The molecule has 1 fully saturated rings. The van der Waals surface area contributed by atoms with Gasteiger partial charge in [0, 0.05) is 69.9 Å². The van der Waals surface area contributed by atoms with Crippen LogP contribution in [-0.2, 0) is 0 Å². The number of hydrogen-bond donors (Lipinski definition) is 4. The molecule has 3 aromatic heterocycles. The van der Waals surface area contributed by atoms with Crippen LogP contribution in [0.5, 0.6) is 0 Å². The van der Waals surface area contributed by atoms with Gasteiger partial charge < -0.3 is 21.8 Å². The summed E-state index contributed by atoms with van der Waals surface area (Å²) < 4.78 is 0. The SMILES string of the molecule is NC(=O)c1ccc2c(-c3cncc4cnc(N[C@@H]5CCCC[C@@H]5N)nc34)c[nH]c2c1. The van der Waals surface area contributed by atoms with Gasteiger partial charge in [0.15, 0.2) is 0 Å². The lowest BCUT2D eigenvalue weighted by Crippen LogP contribution is -2.42. The van der Waals surface area contributed by atoms with Gasteiger partial charge in [-0.2, -0.15) is 0 Å². The van der Waals surface area contributed by atoms with Crippen LogP contribution in [0.25, 0.3) is 32.9 Å². The number of H-pyrrole nitrogens is 1. The molecule has 8 heteroatoms. The number of aromatic amines is 1. The van der Waals surface area contributed by atoms with Crippen molar-refractivity contribution in [2.24, 2.45) is 11.5 Å². The van der Waals surface area contributed by atoms with Gasteiger partial charge in [0.25, 0.3) is 0 Å². The van der Waals surface area contributed by atoms with E-state index < -0.39 is 5.91 Å². The fraction of sp³-hybridized carbons (Fsp3) is 0.273. The summed E-state index contributed by atoms with van der Waals surface area (Å²) in [6.07, 6.45) is 11.6. The van der Waals surface area contributed by atoms with Crippen LogP contribution in [0.2, 0.25) is 0 Å². The molecule has 3 heterocycles. The van der Waals surface area contributed by atoms with E-state index in [4.69, 9.17) is 16.5 Å². The highest BCUT2D eigenvalue weighted by Crippen LogP contribution is 2.33. The summed E-state index contributed by atoms with van der Waals surface area (Å²) in [7, 11) is 0. The Morgan fingerprint density at radius 2 is 2.00 bits per heavy atom. The Bertz CT molecular complexity index is 1250. The maximum absolute atomic E-state index is 11.5. The summed E-state index contributed by atoms with van der Waals surface area (Å²) in [5, 5.41) is 5.25. The second-order valence-corrected chi connectivity index (χ2v) is 7.84. The number of carbonyl (C=O) groups excluding carboxylic acids is 1. The van der Waals surface area contributed by atoms with Crippen molar-refractivity contribution in [3.05, 3.63) is 48.5 Å². The van der Waals surface area contributed by atoms with E-state index in [1.54, 1.807) is 30.7 Å². The normalized spacial score (nSPS) is 19.2. The molecule has 5 rings (SSSR count). The Morgan fingerprint density at radius 1 is 1.13 bits per heavy atom. The molecule has 152 valence electrons. The zero-order valence-corrected chi connectivity index (χ0v) is 16.4. The molecule has 4 aromatic rings. The number of nitrogens with two attached hydrogens (primary N) is 2. The number of carbonyl (C=O) groups is 1. The molecule has 0 saturated heterocycles. The van der Waals surface area contributed by atoms with Gasteiger partial charge in [0.1, 0.15) is 0 Å². The number of nitrogens with zero attached hydrogens (tertiary/aromatic N) is 3. The molecule has 2 atom stereocenters. The molecule has 0 spiro atoms. The van der Waals surface area contributed by atoms with Gasteiger partial charge in [-0.05, 0) is 25.0 Å². The number of rotatable bonds is 4. The maximum atomic E-state index is 11.5. The molecule has 1 aromatic carbocycles. The first-order valence-corrected chi connectivity index (χ1v) is 10.1. The van der Waals surface area contributed by atoms with Crippen LogP contribution in [0.1, 0.15) is 36.0 Å². The van der Waals surface area contributed by atoms with E-state index in [0.717, 1.165) is 52.2 Å². The van der Waals surface area contributed by atoms with E-state index in [-0.39, 0.29) is 12.1 Å². The van der Waals surface area contributed by atoms with Crippen LogP contribution in [0.15, 0.2) is 43.0 Å². The molecule has 1 aliphatic rings. The first-order chi connectivity index (χ1) is 14.6. The molecule has 1 aliphatic carbocycles. The fourth-order valence-electron chi connectivity index (χ4n) is 4.23. The number of nitrogens with one attached hydrogen (secondary N) is 2. The minimum absolute atomic E-state index is 0.114. The molecule has 1 amide bonds. The predicted octanol–water partition coefficient (Wildman–Crippen LogP) is 2.95. The first kappa shape index (κ1) is 18.5. The third-order valence-corrected chi connectivity index (χ3v) is 5.88. The molecule has 8 nitrogen and oxygen atoms in total. The number of primary amides is 1. The summed E-state index contributed by atoms with van der Waals surface area (Å²) in [6, 6.07) is 5.67. The minimum atomic E-state index is -0.454. The second-order valence-electron chi connectivity index (χ2n) is 7.84. The zero-order chi connectivity index (χ0) is 20.7. The number of amides is 1. The van der Waals surface area contributed by atoms with E-state index >= 15 is 0 Å². The van der Waals surface area contributed by atoms with Gasteiger partial charge in [-0.1, -0.05) is 18.9 Å². The van der Waals surface area contributed by atoms with Gasteiger partial charge >= 0.3 is 0 Å². The Balaban J connectivity index is 1.57. The second kappa shape index (κ2) is 7.38. The van der Waals surface area contributed by atoms with Crippen molar-refractivity contribution in [2.75, 3.05) is 5.32 Å². The van der Waals surface area contributed by atoms with Crippen molar-refractivity contribution in [1.29, 1.82) is 0 Å². The summed E-state index contributed by atoms with van der Waals surface area (Å²) in [5.41, 5.74) is 15.6. The number of aromatic nitrogens is 4. The lowest BCUT2D eigenvalue weighted by Gasteiger charge is -2.29. The Morgan fingerprint density at radius 3 is 2.83 bits per heavy atom. The van der Waals surface area contributed by atoms with Crippen molar-refractivity contribution >= 4 is 33.7 Å². The lowest BCUT2D eigenvalue weighted by molar-refractivity contribution is 0.100. The Hall–Kier alpha value is -3.52. The van der Waals surface area contributed by atoms with Crippen LogP contribution >= 0.6 is 0 Å². The van der Waals surface area contributed by atoms with Crippen LogP contribution < -0.4 is 16.8 Å². The monoisotopic (exact) mass is 401 g/mol. The van der Waals surface area contributed by atoms with Crippen LogP contribution in [0, 0.1) is 0 Å². The smallest absolute Gasteiger partial charge is 0.248 e. The van der Waals surface area contributed by atoms with Crippen molar-refractivity contribution < 1.29 is 4.79 Å². The Kier molecular flexibility index (Phi) is 4.55. The summed E-state index contributed by atoms with van der Waals surface area (Å²) >= 11 is 0. The van der Waals surface area contributed by atoms with Gasteiger partial charge in [-0.25, -0.2) is 9.97 Å². The average Bonchev–Trinajstić information content (AvgIpc) is 3.18. The summed E-state index contributed by atoms with van der Waals surface area (Å²) in [6.45, 7) is 0. The molecule has 1 saturated carbocycles. The van der Waals surface area contributed by atoms with Crippen molar-refractivity contribution in [3.8, 4) is 11.1 Å². The van der Waals surface area contributed by atoms with Crippen molar-refractivity contribution in [2.45, 2.75) is 37.8 Å². The topological polar surface area (TPSA) is 136 Å². The molecule has 0 bridgehead atoms. The van der Waals surface area contributed by atoms with E-state index in [9.17, 15) is 4.79 Å². The number of fused-ring (bicyclic) bond motifs is 2. The summed E-state index contributed by atoms with van der Waals surface area (Å²) in [4.78, 5) is 28.4. The number of hydrogen-bond acceptors (Lipinski definition) is 6. The highest BCUT2D eigenvalue weighted by Gasteiger charge is 2.22. The lowest BCUT2D eigenvalue weighted by atomic mass is 9.91. The zero-order valence-electron chi connectivity index (χ0n) is 16.4. The fourth-order valence-corrected chi connectivity index (χ4v) is 4.23. The van der Waals surface area contributed by atoms with Gasteiger partial charge in [0.2, 0.25) is 11.9 Å². The molecule has 0 radical (unpaired) electrons. The molecule has 6 N–H and O–H groups in total. The summed E-state index contributed by atoms with van der Waals surface area (Å²) in [5.74, 6) is 0.123. The van der Waals surface area contributed by atoms with Crippen molar-refractivity contribution in [1.82, 2.24) is 19.9 Å². The quantitative estimate of drug-likeness (QED) is 0.415. The molecule has 0 unspecified atom stereocenters. The van der Waals surface area contributed by atoms with E-state index in [1.807, 2.05) is 12.3 Å². The molecule has 0 aliphatic heterocycles. The third kappa shape index (κ3) is 3.25. The third-order valence-electron chi connectivity index (χ3n) is 5.88. The molecule has 30 heavy (non-hydrogen) atoms. The molecular formula is C22H23N7O. The van der Waals surface area contributed by atoms with E-state index in [1.165, 1.54) is 6.42 Å². The van der Waals surface area contributed by atoms with Crippen LogP contribution in [0.4, 0.5) is 5.95 Å². The Labute approximate surface area is 173 Å². The van der Waals surface area contributed by atoms with Crippen molar-refractivity contribution in [3.63, 3.8) is 0 Å². The highest BCUT2D eigenvalue weighted by molar-refractivity contribution is 6.05. The standard InChI is InChI=1S/C22H23N7O/c23-17-3-1-2-4-18(17)28-22-27-9-13-8-25-10-16(20(13)29-22)15-11-26-19-7-12(21(24)30)5-6-14(15)19/h5-11,17-18,26H,1-4,23H2,(H2,24,30)(H,27,28,29)/t17-,18+/m0/s1. The molecular weight excluding hydrogens is 378 g/mol. The number of pyridine rings is 1. The van der Waals surface area contributed by atoms with Crippen LogP contribution in [0.3, 0.4) is 0 Å². The van der Waals surface area contributed by atoms with Gasteiger partial charge in [-0.3, -0.25) is 9.78 Å².